The van der Waals surface area contributed by atoms with Crippen molar-refractivity contribution in [2.45, 2.75) is 11.4 Å². The molecule has 1 heterocycles. The van der Waals surface area contributed by atoms with Crippen LogP contribution in [0.2, 0.25) is 0 Å². The lowest BCUT2D eigenvalue weighted by molar-refractivity contribution is 0.542. The van der Waals surface area contributed by atoms with Crippen molar-refractivity contribution >= 4 is 10.0 Å². The first-order valence-corrected chi connectivity index (χ1v) is 6.14. The summed E-state index contributed by atoms with van der Waals surface area (Å²) in [6.07, 6.45) is 0. The molecule has 0 saturated heterocycles. The van der Waals surface area contributed by atoms with E-state index in [1.807, 2.05) is 0 Å². The van der Waals surface area contributed by atoms with E-state index in [1.54, 1.807) is 0 Å². The Morgan fingerprint density at radius 2 is 2.11 bits per heavy atom. The third-order valence-corrected chi connectivity index (χ3v) is 3.43. The molecule has 0 aliphatic carbocycles. The van der Waals surface area contributed by atoms with Crippen LogP contribution < -0.4 is 4.72 Å². The van der Waals surface area contributed by atoms with Crippen molar-refractivity contribution in [3.8, 4) is 0 Å². The zero-order valence-corrected chi connectivity index (χ0v) is 9.58. The van der Waals surface area contributed by atoms with Gasteiger partial charge in [0.05, 0.1) is 6.54 Å². The molecular formula is C8H7F2N5O2S. The maximum Gasteiger partial charge on any atom is 0.243 e. The number of nitrogens with zero attached hydrogens (tertiary/aromatic N) is 3. The summed E-state index contributed by atoms with van der Waals surface area (Å²) in [5.41, 5.74) is 0. The van der Waals surface area contributed by atoms with Crippen LogP contribution in [0, 0.1) is 11.6 Å². The van der Waals surface area contributed by atoms with Crippen LogP contribution >= 0.6 is 0 Å². The number of benzene rings is 1. The van der Waals surface area contributed by atoms with E-state index in [4.69, 9.17) is 0 Å². The Morgan fingerprint density at radius 1 is 1.33 bits per heavy atom. The van der Waals surface area contributed by atoms with Gasteiger partial charge in [-0.1, -0.05) is 5.21 Å². The second kappa shape index (κ2) is 4.74. The lowest BCUT2D eigenvalue weighted by atomic mass is 10.3. The number of aromatic amines is 1. The van der Waals surface area contributed by atoms with E-state index in [0.717, 1.165) is 12.1 Å². The molecule has 0 aliphatic heterocycles. The summed E-state index contributed by atoms with van der Waals surface area (Å²) < 4.78 is 51.4. The van der Waals surface area contributed by atoms with Crippen molar-refractivity contribution in [1.29, 1.82) is 0 Å². The molecule has 0 radical (unpaired) electrons. The number of hydrogen-bond acceptors (Lipinski definition) is 5. The van der Waals surface area contributed by atoms with E-state index in [2.05, 4.69) is 25.3 Å². The first-order chi connectivity index (χ1) is 8.49. The lowest BCUT2D eigenvalue weighted by Crippen LogP contribution is -2.24. The number of rotatable bonds is 4. The van der Waals surface area contributed by atoms with Gasteiger partial charge in [0.2, 0.25) is 10.0 Å². The van der Waals surface area contributed by atoms with Crippen LogP contribution in [0.15, 0.2) is 23.1 Å². The molecule has 0 unspecified atom stereocenters. The zero-order valence-electron chi connectivity index (χ0n) is 8.76. The average Bonchev–Trinajstić information content (AvgIpc) is 2.78. The predicted molar refractivity (Wildman–Crippen MR) is 54.6 cm³/mol. The van der Waals surface area contributed by atoms with Gasteiger partial charge in [-0.05, 0) is 12.1 Å². The summed E-state index contributed by atoms with van der Waals surface area (Å²) in [6, 6.07) is 2.18. The SMILES string of the molecule is O=S(=O)(NCc1nn[nH]n1)c1ccc(F)cc1F. The molecule has 0 saturated carbocycles. The minimum absolute atomic E-state index is 0.0982. The van der Waals surface area contributed by atoms with Crippen LogP contribution in [0.25, 0.3) is 0 Å². The highest BCUT2D eigenvalue weighted by atomic mass is 32.2. The molecular weight excluding hydrogens is 268 g/mol. The van der Waals surface area contributed by atoms with Crippen LogP contribution in [-0.2, 0) is 16.6 Å². The molecule has 0 amide bonds. The smallest absolute Gasteiger partial charge is 0.207 e. The molecule has 1 aromatic heterocycles. The highest BCUT2D eigenvalue weighted by molar-refractivity contribution is 7.89. The summed E-state index contributed by atoms with van der Waals surface area (Å²) in [5.74, 6) is -1.93. The van der Waals surface area contributed by atoms with Crippen LogP contribution in [0.1, 0.15) is 5.82 Å². The van der Waals surface area contributed by atoms with Crippen LogP contribution in [-0.4, -0.2) is 29.0 Å². The molecule has 2 aromatic rings. The van der Waals surface area contributed by atoms with Crippen molar-refractivity contribution in [3.05, 3.63) is 35.7 Å². The Morgan fingerprint density at radius 3 is 2.72 bits per heavy atom. The fraction of sp³-hybridized carbons (Fsp3) is 0.125. The van der Waals surface area contributed by atoms with Gasteiger partial charge in [-0.15, -0.1) is 10.2 Å². The summed E-state index contributed by atoms with van der Waals surface area (Å²) in [7, 11) is -4.10. The van der Waals surface area contributed by atoms with Gasteiger partial charge in [0.1, 0.15) is 16.5 Å². The van der Waals surface area contributed by atoms with E-state index in [9.17, 15) is 17.2 Å². The summed E-state index contributed by atoms with van der Waals surface area (Å²) in [5, 5.41) is 12.4. The highest BCUT2D eigenvalue weighted by Gasteiger charge is 2.19. The molecule has 0 spiro atoms. The number of sulfonamides is 1. The maximum atomic E-state index is 13.3. The van der Waals surface area contributed by atoms with E-state index < -0.39 is 26.6 Å². The maximum absolute atomic E-state index is 13.3. The average molecular weight is 275 g/mol. The van der Waals surface area contributed by atoms with Crippen molar-refractivity contribution in [2.75, 3.05) is 0 Å². The second-order valence-corrected chi connectivity index (χ2v) is 4.96. The Kier molecular flexibility index (Phi) is 3.30. The fourth-order valence-corrected chi connectivity index (χ4v) is 2.23. The Hall–Kier alpha value is -1.94. The van der Waals surface area contributed by atoms with Crippen molar-refractivity contribution in [2.24, 2.45) is 0 Å². The topological polar surface area (TPSA) is 101 Å². The number of tetrazole rings is 1. The molecule has 0 aliphatic rings. The van der Waals surface area contributed by atoms with Crippen LogP contribution in [0.4, 0.5) is 8.78 Å². The third kappa shape index (κ3) is 2.65. The molecule has 1 aromatic carbocycles. The van der Waals surface area contributed by atoms with E-state index in [-0.39, 0.29) is 12.4 Å². The molecule has 96 valence electrons. The molecule has 0 bridgehead atoms. The van der Waals surface area contributed by atoms with Crippen molar-refractivity contribution in [3.63, 3.8) is 0 Å². The van der Waals surface area contributed by atoms with Gasteiger partial charge in [-0.2, -0.15) is 5.21 Å². The Balaban J connectivity index is 2.20. The molecule has 2 N–H and O–H groups in total. The molecule has 10 heteroatoms. The number of hydrogen-bond donors (Lipinski definition) is 2. The first-order valence-electron chi connectivity index (χ1n) is 4.66. The number of nitrogens with one attached hydrogen (secondary N) is 2. The van der Waals surface area contributed by atoms with Crippen molar-refractivity contribution < 1.29 is 17.2 Å². The van der Waals surface area contributed by atoms with Gasteiger partial charge in [0, 0.05) is 6.07 Å². The van der Waals surface area contributed by atoms with Gasteiger partial charge < -0.3 is 0 Å². The van der Waals surface area contributed by atoms with Gasteiger partial charge in [-0.3, -0.25) is 0 Å². The standard InChI is InChI=1S/C8H7F2N5O2S/c9-5-1-2-7(6(10)3-5)18(16,17)11-4-8-12-14-15-13-8/h1-3,11H,4H2,(H,12,13,14,15). The number of H-pyrrole nitrogens is 1. The lowest BCUT2D eigenvalue weighted by Gasteiger charge is -2.05. The Labute approximate surface area is 100 Å². The van der Waals surface area contributed by atoms with E-state index in [1.165, 1.54) is 0 Å². The second-order valence-electron chi connectivity index (χ2n) is 3.23. The zero-order chi connectivity index (χ0) is 13.2. The Bertz CT molecular complexity index is 644. The quantitative estimate of drug-likeness (QED) is 0.815. The van der Waals surface area contributed by atoms with E-state index >= 15 is 0 Å². The number of aromatic nitrogens is 4. The van der Waals surface area contributed by atoms with Gasteiger partial charge in [-0.25, -0.2) is 21.9 Å². The molecule has 18 heavy (non-hydrogen) atoms. The fourth-order valence-electron chi connectivity index (χ4n) is 1.19. The van der Waals surface area contributed by atoms with Crippen LogP contribution in [0.5, 0.6) is 0 Å². The summed E-state index contributed by atoms with van der Waals surface area (Å²) in [6.45, 7) is -0.254. The minimum Gasteiger partial charge on any atom is -0.207 e. The van der Waals surface area contributed by atoms with E-state index in [0.29, 0.717) is 6.07 Å². The minimum atomic E-state index is -4.10. The molecule has 2 rings (SSSR count). The number of halogens is 2. The molecule has 0 fully saturated rings. The van der Waals surface area contributed by atoms with Gasteiger partial charge in [0.25, 0.3) is 0 Å². The van der Waals surface area contributed by atoms with Gasteiger partial charge in [0.15, 0.2) is 5.82 Å². The highest BCUT2D eigenvalue weighted by Crippen LogP contribution is 2.15. The monoisotopic (exact) mass is 275 g/mol. The normalized spacial score (nSPS) is 11.7. The third-order valence-electron chi connectivity index (χ3n) is 1.99. The molecule has 7 nitrogen and oxygen atoms in total. The van der Waals surface area contributed by atoms with Gasteiger partial charge >= 0.3 is 0 Å². The predicted octanol–water partition coefficient (Wildman–Crippen LogP) is -0.0436. The molecule has 0 atom stereocenters. The van der Waals surface area contributed by atoms with Crippen LogP contribution in [0.3, 0.4) is 0 Å². The summed E-state index contributed by atoms with van der Waals surface area (Å²) >= 11 is 0. The largest absolute Gasteiger partial charge is 0.243 e. The first kappa shape index (κ1) is 12.5. The summed E-state index contributed by atoms with van der Waals surface area (Å²) in [4.78, 5) is -0.646. The van der Waals surface area contributed by atoms with Crippen molar-refractivity contribution in [1.82, 2.24) is 25.3 Å².